The summed E-state index contributed by atoms with van der Waals surface area (Å²) < 4.78 is 5.55. The smallest absolute Gasteiger partial charge is 0.251 e. The number of carbonyl (C=O) groups excluding carboxylic acids is 2. The Balaban J connectivity index is 1.52. The van der Waals surface area contributed by atoms with Crippen LogP contribution in [0, 0.1) is 0 Å². The minimum atomic E-state index is -0.440. The summed E-state index contributed by atoms with van der Waals surface area (Å²) in [4.78, 5) is 26.3. The van der Waals surface area contributed by atoms with E-state index in [0.717, 1.165) is 25.0 Å². The molecule has 0 aliphatic carbocycles. The molecule has 1 N–H and O–H groups in total. The van der Waals surface area contributed by atoms with Gasteiger partial charge in [0.25, 0.3) is 5.91 Å². The number of aryl methyl sites for hydroxylation is 1. The summed E-state index contributed by atoms with van der Waals surface area (Å²) in [5, 5.41) is 3.23. The van der Waals surface area contributed by atoms with Gasteiger partial charge in [0.1, 0.15) is 5.75 Å². The van der Waals surface area contributed by atoms with Crippen LogP contribution in [0.15, 0.2) is 54.6 Å². The van der Waals surface area contributed by atoms with Crippen LogP contribution in [0.2, 0.25) is 0 Å². The second-order valence-electron chi connectivity index (χ2n) is 6.71. The number of nitrogens with one attached hydrogen (secondary N) is 1. The van der Waals surface area contributed by atoms with Gasteiger partial charge >= 0.3 is 0 Å². The predicted molar refractivity (Wildman–Crippen MR) is 106 cm³/mol. The maximum atomic E-state index is 12.6. The minimum absolute atomic E-state index is 0.164. The summed E-state index contributed by atoms with van der Waals surface area (Å²) in [6.07, 6.45) is 3.01. The third-order valence-electron chi connectivity index (χ3n) is 4.59. The molecule has 0 bridgehead atoms. The Hall–Kier alpha value is -2.66. The highest BCUT2D eigenvalue weighted by Crippen LogP contribution is 2.25. The van der Waals surface area contributed by atoms with Gasteiger partial charge in [-0.1, -0.05) is 37.3 Å². The van der Waals surface area contributed by atoms with Crippen LogP contribution in [0.1, 0.15) is 31.7 Å². The first-order valence-electron chi connectivity index (χ1n) is 9.56. The highest BCUT2D eigenvalue weighted by atomic mass is 16.5. The Bertz CT molecular complexity index is 759. The molecule has 5 heteroatoms. The van der Waals surface area contributed by atoms with Gasteiger partial charge in [-0.3, -0.25) is 9.59 Å². The van der Waals surface area contributed by atoms with Crippen LogP contribution in [-0.2, 0) is 16.0 Å². The first-order chi connectivity index (χ1) is 13.2. The van der Waals surface area contributed by atoms with Crippen LogP contribution in [-0.4, -0.2) is 31.0 Å². The quantitative estimate of drug-likeness (QED) is 0.546. The van der Waals surface area contributed by atoms with Gasteiger partial charge in [-0.2, -0.15) is 0 Å². The first kappa shape index (κ1) is 19.1. The molecule has 142 valence electrons. The number of carbonyl (C=O) groups is 2. The predicted octanol–water partition coefficient (Wildman–Crippen LogP) is 3.33. The zero-order chi connectivity index (χ0) is 19.1. The fraction of sp³-hybridized carbons (Fsp3) is 0.364. The Morgan fingerprint density at radius 1 is 1.07 bits per heavy atom. The van der Waals surface area contributed by atoms with Crippen LogP contribution in [0.4, 0.5) is 5.69 Å². The van der Waals surface area contributed by atoms with Gasteiger partial charge in [0, 0.05) is 0 Å². The van der Waals surface area contributed by atoms with Crippen LogP contribution in [0.3, 0.4) is 0 Å². The summed E-state index contributed by atoms with van der Waals surface area (Å²) in [7, 11) is 0. The number of anilines is 1. The molecule has 1 saturated heterocycles. The fourth-order valence-corrected chi connectivity index (χ4v) is 3.19. The summed E-state index contributed by atoms with van der Waals surface area (Å²) in [5.74, 6) is 0.403. The number of benzene rings is 2. The molecule has 0 saturated carbocycles. The van der Waals surface area contributed by atoms with Crippen molar-refractivity contribution in [3.05, 3.63) is 60.2 Å². The molecule has 1 heterocycles. The number of hydrogen-bond acceptors (Lipinski definition) is 4. The molecular weight excluding hydrogens is 340 g/mol. The van der Waals surface area contributed by atoms with E-state index in [4.69, 9.17) is 4.74 Å². The number of imide groups is 1. The minimum Gasteiger partial charge on any atom is -0.494 e. The summed E-state index contributed by atoms with van der Waals surface area (Å²) >= 11 is 0. The molecule has 2 aromatic rings. The van der Waals surface area contributed by atoms with Crippen molar-refractivity contribution in [1.82, 2.24) is 5.32 Å². The zero-order valence-corrected chi connectivity index (χ0v) is 15.7. The monoisotopic (exact) mass is 366 g/mol. The fourth-order valence-electron chi connectivity index (χ4n) is 3.19. The molecule has 2 amide bonds. The first-order valence-corrected chi connectivity index (χ1v) is 9.56. The van der Waals surface area contributed by atoms with E-state index in [2.05, 4.69) is 17.4 Å². The Labute approximate surface area is 160 Å². The second-order valence-corrected chi connectivity index (χ2v) is 6.71. The molecule has 1 aliphatic heterocycles. The van der Waals surface area contributed by atoms with Gasteiger partial charge in [0.2, 0.25) is 5.91 Å². The molecule has 0 radical (unpaired) electrons. The van der Waals surface area contributed by atoms with E-state index in [-0.39, 0.29) is 18.2 Å². The number of rotatable bonds is 9. The lowest BCUT2D eigenvalue weighted by atomic mass is 10.1. The lowest BCUT2D eigenvalue weighted by Gasteiger charge is -2.16. The van der Waals surface area contributed by atoms with E-state index in [0.29, 0.717) is 18.8 Å². The van der Waals surface area contributed by atoms with Crippen LogP contribution >= 0.6 is 0 Å². The van der Waals surface area contributed by atoms with E-state index >= 15 is 0 Å². The van der Waals surface area contributed by atoms with Gasteiger partial charge in [-0.15, -0.1) is 0 Å². The van der Waals surface area contributed by atoms with E-state index in [1.807, 2.05) is 25.1 Å². The van der Waals surface area contributed by atoms with Crippen molar-refractivity contribution in [2.75, 3.05) is 18.1 Å². The molecule has 1 atom stereocenters. The van der Waals surface area contributed by atoms with E-state index < -0.39 is 6.04 Å². The average Bonchev–Trinajstić information content (AvgIpc) is 2.98. The summed E-state index contributed by atoms with van der Waals surface area (Å²) in [6.45, 7) is 3.40. The molecule has 2 aromatic carbocycles. The third-order valence-corrected chi connectivity index (χ3v) is 4.59. The van der Waals surface area contributed by atoms with Crippen LogP contribution in [0.5, 0.6) is 5.75 Å². The molecule has 0 unspecified atom stereocenters. The normalized spacial score (nSPS) is 16.8. The maximum absolute atomic E-state index is 12.6. The summed E-state index contributed by atoms with van der Waals surface area (Å²) in [6, 6.07) is 16.9. The SMILES string of the molecule is CCCOc1ccc(N2C(=O)C[C@@H](NCCCc3ccccc3)C2=O)cc1. The van der Waals surface area contributed by atoms with Gasteiger partial charge in [0.15, 0.2) is 0 Å². The highest BCUT2D eigenvalue weighted by Gasteiger charge is 2.39. The second kappa shape index (κ2) is 9.33. The Kier molecular flexibility index (Phi) is 6.60. The standard InChI is InChI=1S/C22H26N2O3/c1-2-15-27-19-12-10-18(11-13-19)24-21(25)16-20(22(24)26)23-14-6-9-17-7-4-3-5-8-17/h3-5,7-8,10-13,20,23H,2,6,9,14-16H2,1H3/t20-/m1/s1. The van der Waals surface area contributed by atoms with E-state index in [1.165, 1.54) is 10.5 Å². The maximum Gasteiger partial charge on any atom is 0.251 e. The molecule has 0 aromatic heterocycles. The van der Waals surface area contributed by atoms with E-state index in [9.17, 15) is 9.59 Å². The van der Waals surface area contributed by atoms with Gasteiger partial charge in [-0.05, 0) is 55.6 Å². The lowest BCUT2D eigenvalue weighted by Crippen LogP contribution is -2.39. The van der Waals surface area contributed by atoms with Gasteiger partial charge in [-0.25, -0.2) is 4.90 Å². The Morgan fingerprint density at radius 2 is 1.81 bits per heavy atom. The Morgan fingerprint density at radius 3 is 2.52 bits per heavy atom. The molecule has 3 rings (SSSR count). The van der Waals surface area contributed by atoms with Crippen molar-refractivity contribution in [1.29, 1.82) is 0 Å². The lowest BCUT2D eigenvalue weighted by molar-refractivity contribution is -0.121. The van der Waals surface area contributed by atoms with Crippen LogP contribution in [0.25, 0.3) is 0 Å². The molecule has 27 heavy (non-hydrogen) atoms. The van der Waals surface area contributed by atoms with Crippen molar-refractivity contribution in [3.63, 3.8) is 0 Å². The van der Waals surface area contributed by atoms with Crippen LogP contribution < -0.4 is 15.0 Å². The van der Waals surface area contributed by atoms with Crippen molar-refractivity contribution in [3.8, 4) is 5.75 Å². The zero-order valence-electron chi connectivity index (χ0n) is 15.7. The molecule has 1 fully saturated rings. The number of hydrogen-bond donors (Lipinski definition) is 1. The van der Waals surface area contributed by atoms with Crippen molar-refractivity contribution < 1.29 is 14.3 Å². The highest BCUT2D eigenvalue weighted by molar-refractivity contribution is 6.22. The van der Waals surface area contributed by atoms with Crippen molar-refractivity contribution in [2.24, 2.45) is 0 Å². The largest absolute Gasteiger partial charge is 0.494 e. The number of amides is 2. The molecule has 0 spiro atoms. The topological polar surface area (TPSA) is 58.6 Å². The number of ether oxygens (including phenoxy) is 1. The molecular formula is C22H26N2O3. The van der Waals surface area contributed by atoms with Crippen molar-refractivity contribution >= 4 is 17.5 Å². The average molecular weight is 366 g/mol. The molecule has 1 aliphatic rings. The third kappa shape index (κ3) is 4.95. The van der Waals surface area contributed by atoms with Crippen molar-refractivity contribution in [2.45, 2.75) is 38.6 Å². The summed E-state index contributed by atoms with van der Waals surface area (Å²) in [5.41, 5.74) is 1.88. The molecule has 5 nitrogen and oxygen atoms in total. The van der Waals surface area contributed by atoms with Gasteiger partial charge in [0.05, 0.1) is 24.8 Å². The van der Waals surface area contributed by atoms with Gasteiger partial charge < -0.3 is 10.1 Å². The van der Waals surface area contributed by atoms with E-state index in [1.54, 1.807) is 24.3 Å². The number of nitrogens with zero attached hydrogens (tertiary/aromatic N) is 1.